The van der Waals surface area contributed by atoms with Crippen molar-refractivity contribution in [2.45, 2.75) is 26.7 Å². The summed E-state index contributed by atoms with van der Waals surface area (Å²) < 4.78 is 0.888. The Morgan fingerprint density at radius 3 is 2.74 bits per heavy atom. The van der Waals surface area contributed by atoms with Gasteiger partial charge in [-0.25, -0.2) is 0 Å². The van der Waals surface area contributed by atoms with E-state index in [1.54, 1.807) is 0 Å². The van der Waals surface area contributed by atoms with Crippen LogP contribution in [0.4, 0.5) is 5.69 Å². The zero-order chi connectivity index (χ0) is 13.8. The van der Waals surface area contributed by atoms with E-state index in [4.69, 9.17) is 0 Å². The van der Waals surface area contributed by atoms with Crippen molar-refractivity contribution in [1.82, 2.24) is 10.2 Å². The molecular weight excluding hydrogens is 306 g/mol. The van der Waals surface area contributed by atoms with Crippen molar-refractivity contribution in [3.8, 4) is 0 Å². The average molecular weight is 322 g/mol. The van der Waals surface area contributed by atoms with Crippen molar-refractivity contribution in [1.29, 1.82) is 0 Å². The van der Waals surface area contributed by atoms with E-state index in [1.165, 1.54) is 0 Å². The van der Waals surface area contributed by atoms with Crippen LogP contribution in [0.15, 0.2) is 28.7 Å². The minimum absolute atomic E-state index is 0.00639. The first-order chi connectivity index (χ1) is 9.08. The number of rotatable bonds is 4. The lowest BCUT2D eigenvalue weighted by Crippen LogP contribution is -2.13. The fraction of sp³-hybridized carbons (Fsp3) is 0.286. The number of carbonyl (C=O) groups is 1. The lowest BCUT2D eigenvalue weighted by molar-refractivity contribution is -0.116. The van der Waals surface area contributed by atoms with Gasteiger partial charge in [0.05, 0.1) is 11.4 Å². The molecule has 19 heavy (non-hydrogen) atoms. The van der Waals surface area contributed by atoms with Gasteiger partial charge in [0.25, 0.3) is 0 Å². The number of anilines is 1. The number of nitrogens with one attached hydrogen (secondary N) is 2. The number of benzene rings is 1. The Bertz CT molecular complexity index is 573. The molecule has 1 aromatic carbocycles. The van der Waals surface area contributed by atoms with Gasteiger partial charge in [-0.2, -0.15) is 5.10 Å². The molecule has 0 radical (unpaired) electrons. The SMILES string of the molecule is Cc1n[nH]c(C)c1CCC(=O)Nc1ccccc1Br. The molecule has 4 nitrogen and oxygen atoms in total. The van der Waals surface area contributed by atoms with Crippen LogP contribution in [0.2, 0.25) is 0 Å². The number of hydrogen-bond acceptors (Lipinski definition) is 2. The summed E-state index contributed by atoms with van der Waals surface area (Å²) in [6, 6.07) is 7.58. The van der Waals surface area contributed by atoms with Crippen LogP contribution in [0.3, 0.4) is 0 Å². The molecule has 0 unspecified atom stereocenters. The number of nitrogens with zero attached hydrogens (tertiary/aromatic N) is 1. The molecule has 100 valence electrons. The highest BCUT2D eigenvalue weighted by molar-refractivity contribution is 9.10. The van der Waals surface area contributed by atoms with Crippen LogP contribution in [0.25, 0.3) is 0 Å². The van der Waals surface area contributed by atoms with Crippen LogP contribution in [-0.4, -0.2) is 16.1 Å². The van der Waals surface area contributed by atoms with Gasteiger partial charge >= 0.3 is 0 Å². The van der Waals surface area contributed by atoms with Crippen LogP contribution >= 0.6 is 15.9 Å². The van der Waals surface area contributed by atoms with E-state index in [-0.39, 0.29) is 5.91 Å². The zero-order valence-electron chi connectivity index (χ0n) is 11.0. The first kappa shape index (κ1) is 13.8. The molecule has 0 saturated carbocycles. The lowest BCUT2D eigenvalue weighted by Gasteiger charge is -2.07. The molecule has 2 aromatic rings. The number of halogens is 1. The summed E-state index contributed by atoms with van der Waals surface area (Å²) in [7, 11) is 0. The largest absolute Gasteiger partial charge is 0.325 e. The Morgan fingerprint density at radius 1 is 1.37 bits per heavy atom. The number of para-hydroxylation sites is 1. The fourth-order valence-electron chi connectivity index (χ4n) is 1.96. The van der Waals surface area contributed by atoms with Crippen LogP contribution in [0, 0.1) is 13.8 Å². The van der Waals surface area contributed by atoms with E-state index in [9.17, 15) is 4.79 Å². The summed E-state index contributed by atoms with van der Waals surface area (Å²) in [5.74, 6) is 0.00639. The maximum Gasteiger partial charge on any atom is 0.224 e. The summed E-state index contributed by atoms with van der Waals surface area (Å²) in [6.07, 6.45) is 1.15. The van der Waals surface area contributed by atoms with Crippen molar-refractivity contribution in [3.05, 3.63) is 45.7 Å². The molecule has 1 heterocycles. The van der Waals surface area contributed by atoms with Gasteiger partial charge in [0.2, 0.25) is 5.91 Å². The molecule has 0 spiro atoms. The van der Waals surface area contributed by atoms with Gasteiger partial charge in [0.15, 0.2) is 0 Å². The predicted molar refractivity (Wildman–Crippen MR) is 79.2 cm³/mol. The van der Waals surface area contributed by atoms with E-state index in [0.29, 0.717) is 12.8 Å². The highest BCUT2D eigenvalue weighted by atomic mass is 79.9. The Labute approximate surface area is 120 Å². The minimum Gasteiger partial charge on any atom is -0.325 e. The third kappa shape index (κ3) is 3.44. The van der Waals surface area contributed by atoms with E-state index in [2.05, 4.69) is 31.4 Å². The molecule has 0 aliphatic rings. The highest BCUT2D eigenvalue weighted by Gasteiger charge is 2.10. The lowest BCUT2D eigenvalue weighted by atomic mass is 10.1. The summed E-state index contributed by atoms with van der Waals surface area (Å²) in [4.78, 5) is 11.9. The van der Waals surface area contributed by atoms with Gasteiger partial charge in [-0.1, -0.05) is 12.1 Å². The topological polar surface area (TPSA) is 57.8 Å². The molecule has 1 amide bonds. The van der Waals surface area contributed by atoms with Crippen molar-refractivity contribution in [2.24, 2.45) is 0 Å². The molecule has 1 aromatic heterocycles. The average Bonchev–Trinajstić information content (AvgIpc) is 2.70. The van der Waals surface area contributed by atoms with Crippen molar-refractivity contribution in [3.63, 3.8) is 0 Å². The second kappa shape index (κ2) is 6.02. The van der Waals surface area contributed by atoms with E-state index in [0.717, 1.165) is 27.1 Å². The summed E-state index contributed by atoms with van der Waals surface area (Å²) in [6.45, 7) is 3.92. The van der Waals surface area contributed by atoms with Crippen molar-refractivity contribution < 1.29 is 4.79 Å². The second-order valence-corrected chi connectivity index (χ2v) is 5.29. The van der Waals surface area contributed by atoms with Crippen LogP contribution in [0.5, 0.6) is 0 Å². The normalized spacial score (nSPS) is 10.5. The van der Waals surface area contributed by atoms with Crippen LogP contribution in [0.1, 0.15) is 23.4 Å². The summed E-state index contributed by atoms with van der Waals surface area (Å²) in [5.41, 5.74) is 3.92. The first-order valence-electron chi connectivity index (χ1n) is 6.12. The Morgan fingerprint density at radius 2 is 2.11 bits per heavy atom. The molecule has 0 aliphatic heterocycles. The third-order valence-corrected chi connectivity index (χ3v) is 3.72. The molecule has 0 aliphatic carbocycles. The van der Waals surface area contributed by atoms with Gasteiger partial charge in [-0.15, -0.1) is 0 Å². The molecule has 0 bridgehead atoms. The first-order valence-corrected chi connectivity index (χ1v) is 6.92. The minimum atomic E-state index is 0.00639. The van der Waals surface area contributed by atoms with Crippen molar-refractivity contribution in [2.75, 3.05) is 5.32 Å². The molecule has 0 saturated heterocycles. The summed E-state index contributed by atoms with van der Waals surface area (Å²) in [5, 5.41) is 9.95. The Balaban J connectivity index is 1.94. The Kier molecular flexibility index (Phi) is 4.37. The van der Waals surface area contributed by atoms with E-state index >= 15 is 0 Å². The Hall–Kier alpha value is -1.62. The predicted octanol–water partition coefficient (Wildman–Crippen LogP) is 3.36. The number of aromatic nitrogens is 2. The van der Waals surface area contributed by atoms with Gasteiger partial charge in [-0.05, 0) is 53.9 Å². The van der Waals surface area contributed by atoms with E-state index in [1.807, 2.05) is 38.1 Å². The maximum atomic E-state index is 11.9. The van der Waals surface area contributed by atoms with Gasteiger partial charge in [0.1, 0.15) is 0 Å². The second-order valence-electron chi connectivity index (χ2n) is 4.44. The highest BCUT2D eigenvalue weighted by Crippen LogP contribution is 2.21. The van der Waals surface area contributed by atoms with Gasteiger partial charge in [-0.3, -0.25) is 9.89 Å². The number of amides is 1. The molecule has 0 atom stereocenters. The molecular formula is C14H16BrN3O. The molecule has 0 fully saturated rings. The number of hydrogen-bond donors (Lipinski definition) is 2. The van der Waals surface area contributed by atoms with Crippen LogP contribution in [-0.2, 0) is 11.2 Å². The number of aromatic amines is 1. The van der Waals surface area contributed by atoms with Gasteiger partial charge in [0, 0.05) is 16.6 Å². The van der Waals surface area contributed by atoms with Gasteiger partial charge < -0.3 is 5.32 Å². The number of H-pyrrole nitrogens is 1. The quantitative estimate of drug-likeness (QED) is 0.907. The molecule has 2 rings (SSSR count). The van der Waals surface area contributed by atoms with E-state index < -0.39 is 0 Å². The monoisotopic (exact) mass is 321 g/mol. The maximum absolute atomic E-state index is 11.9. The number of aryl methyl sites for hydroxylation is 2. The third-order valence-electron chi connectivity index (χ3n) is 3.03. The fourth-order valence-corrected chi connectivity index (χ4v) is 2.34. The summed E-state index contributed by atoms with van der Waals surface area (Å²) >= 11 is 3.41. The zero-order valence-corrected chi connectivity index (χ0v) is 12.5. The van der Waals surface area contributed by atoms with Crippen molar-refractivity contribution >= 4 is 27.5 Å². The molecule has 2 N–H and O–H groups in total. The standard InChI is InChI=1S/C14H16BrN3O/c1-9-11(10(2)18-17-9)7-8-14(19)16-13-6-4-3-5-12(13)15/h3-6H,7-8H2,1-2H3,(H,16,19)(H,17,18). The van der Waals surface area contributed by atoms with Crippen LogP contribution < -0.4 is 5.32 Å². The number of carbonyl (C=O) groups excluding carboxylic acids is 1. The molecule has 5 heteroatoms. The smallest absolute Gasteiger partial charge is 0.224 e.